The van der Waals surface area contributed by atoms with Crippen LogP contribution in [0.1, 0.15) is 22.5 Å². The third kappa shape index (κ3) is 4.23. The van der Waals surface area contributed by atoms with Crippen LogP contribution in [0.5, 0.6) is 0 Å². The molecule has 1 amide bonds. The first-order chi connectivity index (χ1) is 12.1. The number of amides is 1. The lowest BCUT2D eigenvalue weighted by atomic mass is 10.1. The molecule has 0 saturated heterocycles. The molecule has 0 bridgehead atoms. The zero-order valence-electron chi connectivity index (χ0n) is 13.9. The lowest BCUT2D eigenvalue weighted by Crippen LogP contribution is -2.27. The maximum atomic E-state index is 12.0. The molecule has 0 spiro atoms. The number of carbonyl (C=O) groups excluding carboxylic acids is 1. The Hall–Kier alpha value is -3.15. The van der Waals surface area contributed by atoms with Gasteiger partial charge in [0.15, 0.2) is 5.76 Å². The van der Waals surface area contributed by atoms with Crippen molar-refractivity contribution in [2.24, 2.45) is 0 Å². The number of furan rings is 1. The van der Waals surface area contributed by atoms with Crippen LogP contribution >= 0.6 is 0 Å². The van der Waals surface area contributed by atoms with E-state index in [9.17, 15) is 9.59 Å². The van der Waals surface area contributed by atoms with Gasteiger partial charge in [0.1, 0.15) is 0 Å². The maximum absolute atomic E-state index is 12.0. The highest BCUT2D eigenvalue weighted by atomic mass is 16.3. The number of hydrogen-bond acceptors (Lipinski definition) is 4. The summed E-state index contributed by atoms with van der Waals surface area (Å²) in [6.07, 6.45) is 2.05. The van der Waals surface area contributed by atoms with Gasteiger partial charge in [0.2, 0.25) is 0 Å². The zero-order chi connectivity index (χ0) is 17.6. The van der Waals surface area contributed by atoms with Crippen LogP contribution in [0, 0.1) is 6.92 Å². The molecule has 0 unspecified atom stereocenters. The first-order valence-corrected chi connectivity index (χ1v) is 8.10. The van der Waals surface area contributed by atoms with E-state index in [1.54, 1.807) is 18.2 Å². The van der Waals surface area contributed by atoms with Crippen LogP contribution in [0.15, 0.2) is 64.0 Å². The summed E-state index contributed by atoms with van der Waals surface area (Å²) < 4.78 is 6.45. The van der Waals surface area contributed by atoms with Crippen molar-refractivity contribution in [2.75, 3.05) is 6.54 Å². The number of carbonyl (C=O) groups is 1. The average molecular weight is 337 g/mol. The van der Waals surface area contributed by atoms with Gasteiger partial charge in [-0.3, -0.25) is 9.59 Å². The molecule has 25 heavy (non-hydrogen) atoms. The van der Waals surface area contributed by atoms with Gasteiger partial charge in [0, 0.05) is 24.7 Å². The fourth-order valence-electron chi connectivity index (χ4n) is 2.41. The summed E-state index contributed by atoms with van der Waals surface area (Å²) >= 11 is 0. The van der Waals surface area contributed by atoms with Crippen molar-refractivity contribution in [3.05, 3.63) is 76.5 Å². The fraction of sp³-hybridized carbons (Fsp3) is 0.211. The quantitative estimate of drug-likeness (QED) is 0.702. The van der Waals surface area contributed by atoms with E-state index in [2.05, 4.69) is 10.4 Å². The largest absolute Gasteiger partial charge is 0.459 e. The molecule has 0 aliphatic carbocycles. The van der Waals surface area contributed by atoms with Crippen molar-refractivity contribution in [1.29, 1.82) is 0 Å². The third-order valence-electron chi connectivity index (χ3n) is 3.79. The summed E-state index contributed by atoms with van der Waals surface area (Å²) in [4.78, 5) is 23.7. The Morgan fingerprint density at radius 2 is 1.96 bits per heavy atom. The molecule has 6 nitrogen and oxygen atoms in total. The van der Waals surface area contributed by atoms with Crippen molar-refractivity contribution >= 4 is 5.91 Å². The summed E-state index contributed by atoms with van der Waals surface area (Å²) in [7, 11) is 0. The molecule has 128 valence electrons. The lowest BCUT2D eigenvalue weighted by Gasteiger charge is -2.08. The molecule has 6 heteroatoms. The number of aromatic nitrogens is 2. The molecule has 1 aromatic carbocycles. The Bertz CT molecular complexity index is 896. The van der Waals surface area contributed by atoms with Gasteiger partial charge in [-0.25, -0.2) is 4.68 Å². The van der Waals surface area contributed by atoms with Crippen molar-refractivity contribution in [3.8, 4) is 11.3 Å². The third-order valence-corrected chi connectivity index (χ3v) is 3.79. The summed E-state index contributed by atoms with van der Waals surface area (Å²) in [6, 6.07) is 14.5. The molecular formula is C19H19N3O3. The molecule has 2 heterocycles. The summed E-state index contributed by atoms with van der Waals surface area (Å²) in [5.41, 5.74) is 2.72. The van der Waals surface area contributed by atoms with Crippen LogP contribution in [-0.2, 0) is 6.54 Å². The van der Waals surface area contributed by atoms with Crippen LogP contribution in [0.2, 0.25) is 0 Å². The second-order valence-electron chi connectivity index (χ2n) is 5.73. The normalized spacial score (nSPS) is 10.6. The van der Waals surface area contributed by atoms with Gasteiger partial charge in [-0.05, 0) is 31.5 Å². The van der Waals surface area contributed by atoms with Gasteiger partial charge in [-0.15, -0.1) is 0 Å². The standard InChI is InChI=1S/C19H19N3O3/c1-14-5-7-15(8-6-14)16-9-10-18(23)22(21-16)12-3-11-20-19(24)17-4-2-13-25-17/h2,4-10,13H,3,11-12H2,1H3,(H,20,24). The van der Waals surface area contributed by atoms with Crippen LogP contribution in [0.4, 0.5) is 0 Å². The first-order valence-electron chi connectivity index (χ1n) is 8.10. The molecule has 3 rings (SSSR count). The SMILES string of the molecule is Cc1ccc(-c2ccc(=O)n(CCCNC(=O)c3ccco3)n2)cc1. The number of nitrogens with one attached hydrogen (secondary N) is 1. The van der Waals surface area contributed by atoms with Gasteiger partial charge in [0.05, 0.1) is 12.0 Å². The molecular weight excluding hydrogens is 318 g/mol. The van der Waals surface area contributed by atoms with Gasteiger partial charge in [0.25, 0.3) is 11.5 Å². The summed E-state index contributed by atoms with van der Waals surface area (Å²) in [5.74, 6) is 0.00960. The first kappa shape index (κ1) is 16.7. The minimum Gasteiger partial charge on any atom is -0.459 e. The molecule has 0 aliphatic rings. The molecule has 0 fully saturated rings. The summed E-state index contributed by atoms with van der Waals surface area (Å²) in [6.45, 7) is 2.88. The predicted octanol–water partition coefficient (Wildman–Crippen LogP) is 2.63. The van der Waals surface area contributed by atoms with E-state index in [0.29, 0.717) is 19.5 Å². The molecule has 0 saturated carbocycles. The molecule has 0 aliphatic heterocycles. The van der Waals surface area contributed by atoms with E-state index >= 15 is 0 Å². The highest BCUT2D eigenvalue weighted by molar-refractivity contribution is 5.91. The number of benzene rings is 1. The summed E-state index contributed by atoms with van der Waals surface area (Å²) in [5, 5.41) is 7.16. The van der Waals surface area contributed by atoms with Crippen molar-refractivity contribution < 1.29 is 9.21 Å². The van der Waals surface area contributed by atoms with Gasteiger partial charge in [-0.2, -0.15) is 5.10 Å². The Kier molecular flexibility index (Phi) is 5.09. The number of aryl methyl sites for hydroxylation is 2. The van der Waals surface area contributed by atoms with Crippen LogP contribution in [-0.4, -0.2) is 22.2 Å². The Morgan fingerprint density at radius 1 is 1.16 bits per heavy atom. The van der Waals surface area contributed by atoms with Gasteiger partial charge in [-0.1, -0.05) is 29.8 Å². The van der Waals surface area contributed by atoms with Crippen LogP contribution < -0.4 is 10.9 Å². The van der Waals surface area contributed by atoms with E-state index in [1.165, 1.54) is 22.6 Å². The predicted molar refractivity (Wildman–Crippen MR) is 94.3 cm³/mol. The molecule has 3 aromatic rings. The number of rotatable bonds is 6. The minimum absolute atomic E-state index is 0.159. The Balaban J connectivity index is 1.60. The average Bonchev–Trinajstić information content (AvgIpc) is 3.15. The highest BCUT2D eigenvalue weighted by Crippen LogP contribution is 2.15. The minimum atomic E-state index is -0.265. The maximum Gasteiger partial charge on any atom is 0.286 e. The monoisotopic (exact) mass is 337 g/mol. The second kappa shape index (κ2) is 7.61. The van der Waals surface area contributed by atoms with E-state index < -0.39 is 0 Å². The molecule has 0 radical (unpaired) electrons. The van der Waals surface area contributed by atoms with Crippen LogP contribution in [0.3, 0.4) is 0 Å². The molecule has 2 aromatic heterocycles. The Morgan fingerprint density at radius 3 is 2.68 bits per heavy atom. The van der Waals surface area contributed by atoms with E-state index in [4.69, 9.17) is 4.42 Å². The number of hydrogen-bond donors (Lipinski definition) is 1. The van der Waals surface area contributed by atoms with Gasteiger partial charge >= 0.3 is 0 Å². The van der Waals surface area contributed by atoms with E-state index in [-0.39, 0.29) is 17.2 Å². The zero-order valence-corrected chi connectivity index (χ0v) is 13.9. The highest BCUT2D eigenvalue weighted by Gasteiger charge is 2.07. The van der Waals surface area contributed by atoms with Crippen molar-refractivity contribution in [3.63, 3.8) is 0 Å². The van der Waals surface area contributed by atoms with E-state index in [0.717, 1.165) is 11.3 Å². The fourth-order valence-corrected chi connectivity index (χ4v) is 2.41. The molecule has 0 atom stereocenters. The van der Waals surface area contributed by atoms with Crippen molar-refractivity contribution in [2.45, 2.75) is 19.9 Å². The Labute approximate surface area is 145 Å². The number of nitrogens with zero attached hydrogens (tertiary/aromatic N) is 2. The second-order valence-corrected chi connectivity index (χ2v) is 5.73. The van der Waals surface area contributed by atoms with Crippen molar-refractivity contribution in [1.82, 2.24) is 15.1 Å². The van der Waals surface area contributed by atoms with E-state index in [1.807, 2.05) is 31.2 Å². The topological polar surface area (TPSA) is 77.1 Å². The molecule has 1 N–H and O–H groups in total. The lowest BCUT2D eigenvalue weighted by molar-refractivity contribution is 0.0925. The van der Waals surface area contributed by atoms with Gasteiger partial charge < -0.3 is 9.73 Å². The van der Waals surface area contributed by atoms with Crippen LogP contribution in [0.25, 0.3) is 11.3 Å². The smallest absolute Gasteiger partial charge is 0.286 e.